The van der Waals surface area contributed by atoms with E-state index >= 15 is 0 Å². The van der Waals surface area contributed by atoms with Crippen molar-refractivity contribution in [3.8, 4) is 11.8 Å². The van der Waals surface area contributed by atoms with Gasteiger partial charge >= 0.3 is 0 Å². The second kappa shape index (κ2) is 7.11. The van der Waals surface area contributed by atoms with Crippen molar-refractivity contribution in [3.63, 3.8) is 0 Å². The second-order valence-corrected chi connectivity index (χ2v) is 6.37. The number of likely N-dealkylation sites (tertiary alicyclic amines) is 1. The summed E-state index contributed by atoms with van der Waals surface area (Å²) in [6.07, 6.45) is 0.304. The smallest absolute Gasteiger partial charge is 0.258 e. The zero-order chi connectivity index (χ0) is 18.0. The van der Waals surface area contributed by atoms with Crippen LogP contribution < -0.4 is 4.74 Å². The van der Waals surface area contributed by atoms with Gasteiger partial charge in [-0.25, -0.2) is 5.11 Å². The predicted molar refractivity (Wildman–Crippen MR) is 87.4 cm³/mol. The van der Waals surface area contributed by atoms with Crippen LogP contribution in [0.5, 0.6) is 5.75 Å². The van der Waals surface area contributed by atoms with E-state index < -0.39 is 12.1 Å². The molecule has 1 unspecified atom stereocenters. The number of benzene rings is 1. The SMILES string of the molecule is CC(C(=O)N1CCC([O])CC1)N1CCOc2cc(C#N)ccc2C1=O. The lowest BCUT2D eigenvalue weighted by Crippen LogP contribution is -2.52. The van der Waals surface area contributed by atoms with Crippen molar-refractivity contribution < 1.29 is 19.4 Å². The summed E-state index contributed by atoms with van der Waals surface area (Å²) in [7, 11) is 0. The first kappa shape index (κ1) is 17.2. The number of nitrogens with zero attached hydrogens (tertiary/aromatic N) is 3. The highest BCUT2D eigenvalue weighted by molar-refractivity contribution is 6.00. The molecule has 0 aliphatic carbocycles. The fourth-order valence-corrected chi connectivity index (χ4v) is 3.24. The van der Waals surface area contributed by atoms with E-state index in [4.69, 9.17) is 10.00 Å². The van der Waals surface area contributed by atoms with Gasteiger partial charge < -0.3 is 14.5 Å². The van der Waals surface area contributed by atoms with E-state index in [9.17, 15) is 14.7 Å². The van der Waals surface area contributed by atoms with Gasteiger partial charge in [0.25, 0.3) is 5.91 Å². The first-order valence-corrected chi connectivity index (χ1v) is 8.44. The predicted octanol–water partition coefficient (Wildman–Crippen LogP) is 1.20. The van der Waals surface area contributed by atoms with E-state index in [0.29, 0.717) is 49.4 Å². The molecule has 0 N–H and O–H groups in total. The molecule has 25 heavy (non-hydrogen) atoms. The third-order valence-electron chi connectivity index (χ3n) is 4.77. The van der Waals surface area contributed by atoms with Crippen LogP contribution in [-0.4, -0.2) is 60.0 Å². The van der Waals surface area contributed by atoms with Gasteiger partial charge in [0, 0.05) is 13.1 Å². The Kier molecular flexibility index (Phi) is 4.91. The molecule has 7 nitrogen and oxygen atoms in total. The van der Waals surface area contributed by atoms with Crippen molar-refractivity contribution in [2.24, 2.45) is 0 Å². The maximum atomic E-state index is 12.9. The lowest BCUT2D eigenvalue weighted by atomic mass is 10.1. The number of hydrogen-bond donors (Lipinski definition) is 0. The lowest BCUT2D eigenvalue weighted by Gasteiger charge is -2.34. The maximum absolute atomic E-state index is 12.9. The molecule has 1 aromatic rings. The average molecular weight is 342 g/mol. The normalized spacial score (nSPS) is 19.5. The molecule has 1 atom stereocenters. The number of rotatable bonds is 2. The van der Waals surface area contributed by atoms with Gasteiger partial charge in [0.2, 0.25) is 5.91 Å². The summed E-state index contributed by atoms with van der Waals surface area (Å²) in [6.45, 7) is 3.14. The summed E-state index contributed by atoms with van der Waals surface area (Å²) >= 11 is 0. The highest BCUT2D eigenvalue weighted by Crippen LogP contribution is 2.26. The van der Waals surface area contributed by atoms with Gasteiger partial charge in [-0.3, -0.25) is 9.59 Å². The third-order valence-corrected chi connectivity index (χ3v) is 4.77. The summed E-state index contributed by atoms with van der Waals surface area (Å²) < 4.78 is 5.60. The molecule has 0 saturated carbocycles. The molecule has 2 aliphatic heterocycles. The topological polar surface area (TPSA) is 93.5 Å². The van der Waals surface area contributed by atoms with Gasteiger partial charge in [-0.05, 0) is 38.0 Å². The minimum Gasteiger partial charge on any atom is -0.491 e. The Bertz CT molecular complexity index is 720. The number of nitriles is 1. The highest BCUT2D eigenvalue weighted by atomic mass is 16.5. The van der Waals surface area contributed by atoms with E-state index in [1.807, 2.05) is 6.07 Å². The van der Waals surface area contributed by atoms with E-state index in [-0.39, 0.29) is 18.4 Å². The monoisotopic (exact) mass is 342 g/mol. The van der Waals surface area contributed by atoms with E-state index in [1.54, 1.807) is 30.0 Å². The molecular weight excluding hydrogens is 322 g/mol. The molecule has 0 aromatic heterocycles. The molecule has 1 fully saturated rings. The number of amides is 2. The minimum absolute atomic E-state index is 0.141. The van der Waals surface area contributed by atoms with E-state index in [2.05, 4.69) is 0 Å². The van der Waals surface area contributed by atoms with Crippen LogP contribution in [0.15, 0.2) is 18.2 Å². The molecule has 1 saturated heterocycles. The van der Waals surface area contributed by atoms with Gasteiger partial charge in [0.05, 0.1) is 29.8 Å². The molecule has 0 spiro atoms. The van der Waals surface area contributed by atoms with Crippen LogP contribution in [0.25, 0.3) is 0 Å². The molecule has 131 valence electrons. The summed E-state index contributed by atoms with van der Waals surface area (Å²) in [5.74, 6) is -0.0488. The molecule has 2 heterocycles. The molecule has 1 radical (unpaired) electrons. The first-order chi connectivity index (χ1) is 12.0. The highest BCUT2D eigenvalue weighted by Gasteiger charge is 2.34. The van der Waals surface area contributed by atoms with Gasteiger partial charge in [-0.2, -0.15) is 5.26 Å². The average Bonchev–Trinajstić information content (AvgIpc) is 2.79. The Morgan fingerprint density at radius 3 is 2.72 bits per heavy atom. The van der Waals surface area contributed by atoms with Crippen molar-refractivity contribution in [3.05, 3.63) is 29.3 Å². The van der Waals surface area contributed by atoms with Crippen molar-refractivity contribution in [2.45, 2.75) is 31.9 Å². The Balaban J connectivity index is 1.78. The van der Waals surface area contributed by atoms with Crippen molar-refractivity contribution in [1.29, 1.82) is 5.26 Å². The zero-order valence-corrected chi connectivity index (χ0v) is 14.1. The largest absolute Gasteiger partial charge is 0.491 e. The Morgan fingerprint density at radius 1 is 1.32 bits per heavy atom. The third kappa shape index (κ3) is 3.44. The molecule has 0 bridgehead atoms. The lowest BCUT2D eigenvalue weighted by molar-refractivity contribution is -0.138. The Hall–Kier alpha value is -2.59. The van der Waals surface area contributed by atoms with Crippen LogP contribution in [0, 0.1) is 11.3 Å². The summed E-state index contributed by atoms with van der Waals surface area (Å²) in [4.78, 5) is 28.7. The van der Waals surface area contributed by atoms with Crippen molar-refractivity contribution in [2.75, 3.05) is 26.2 Å². The van der Waals surface area contributed by atoms with Crippen LogP contribution in [0.1, 0.15) is 35.7 Å². The Morgan fingerprint density at radius 2 is 2.04 bits per heavy atom. The van der Waals surface area contributed by atoms with Crippen LogP contribution >= 0.6 is 0 Å². The summed E-state index contributed by atoms with van der Waals surface area (Å²) in [5.41, 5.74) is 0.777. The van der Waals surface area contributed by atoms with Crippen LogP contribution in [-0.2, 0) is 9.90 Å². The van der Waals surface area contributed by atoms with Crippen LogP contribution in [0.2, 0.25) is 0 Å². The van der Waals surface area contributed by atoms with Crippen LogP contribution in [0.4, 0.5) is 0 Å². The number of fused-ring (bicyclic) bond motifs is 1. The van der Waals surface area contributed by atoms with Crippen LogP contribution in [0.3, 0.4) is 0 Å². The van der Waals surface area contributed by atoms with Crippen molar-refractivity contribution >= 4 is 11.8 Å². The number of piperidine rings is 1. The molecule has 2 amide bonds. The number of ether oxygens (including phenoxy) is 1. The number of hydrogen-bond acceptors (Lipinski definition) is 4. The number of carbonyl (C=O) groups is 2. The fourth-order valence-electron chi connectivity index (χ4n) is 3.24. The minimum atomic E-state index is -0.624. The molecule has 1 aromatic carbocycles. The second-order valence-electron chi connectivity index (χ2n) is 6.37. The molecular formula is C18H20N3O4. The molecule has 3 rings (SSSR count). The maximum Gasteiger partial charge on any atom is 0.258 e. The number of carbonyl (C=O) groups excluding carboxylic acids is 2. The van der Waals surface area contributed by atoms with Gasteiger partial charge in [0.15, 0.2) is 0 Å². The first-order valence-electron chi connectivity index (χ1n) is 8.44. The molecule has 2 aliphatic rings. The fraction of sp³-hybridized carbons (Fsp3) is 0.500. The quantitative estimate of drug-likeness (QED) is 0.807. The summed E-state index contributed by atoms with van der Waals surface area (Å²) in [6, 6.07) is 6.07. The van der Waals surface area contributed by atoms with Crippen molar-refractivity contribution in [1.82, 2.24) is 9.80 Å². The van der Waals surface area contributed by atoms with Gasteiger partial charge in [-0.15, -0.1) is 0 Å². The summed E-state index contributed by atoms with van der Waals surface area (Å²) in [5, 5.41) is 20.4. The van der Waals surface area contributed by atoms with Gasteiger partial charge in [-0.1, -0.05) is 0 Å². The Labute approximate surface area is 146 Å². The zero-order valence-electron chi connectivity index (χ0n) is 14.1. The van der Waals surface area contributed by atoms with E-state index in [1.165, 1.54) is 4.90 Å². The standard InChI is InChI=1S/C18H20N3O4/c1-12(17(23)20-6-4-14(22)5-7-20)21-8-9-25-16-10-13(11-19)2-3-15(16)18(21)24/h2-3,10,12,14H,4-9H2,1H3. The van der Waals surface area contributed by atoms with Gasteiger partial charge in [0.1, 0.15) is 18.4 Å². The molecule has 7 heteroatoms. The van der Waals surface area contributed by atoms with E-state index in [0.717, 1.165) is 0 Å².